The van der Waals surface area contributed by atoms with Crippen LogP contribution in [0.3, 0.4) is 0 Å². The summed E-state index contributed by atoms with van der Waals surface area (Å²) in [7, 11) is 0. The van der Waals surface area contributed by atoms with E-state index >= 15 is 0 Å². The quantitative estimate of drug-likeness (QED) is 0.776. The molecule has 1 N–H and O–H groups in total. The van der Waals surface area contributed by atoms with Crippen molar-refractivity contribution in [3.05, 3.63) is 66.2 Å². The maximum Gasteiger partial charge on any atom is 0.0706 e. The van der Waals surface area contributed by atoms with Crippen LogP contribution in [-0.4, -0.2) is 14.6 Å². The molecule has 0 aliphatic rings. The van der Waals surface area contributed by atoms with Gasteiger partial charge in [0, 0.05) is 36.7 Å². The lowest BCUT2D eigenvalue weighted by molar-refractivity contribution is 0.576. The Labute approximate surface area is 112 Å². The zero-order valence-electron chi connectivity index (χ0n) is 10.8. The van der Waals surface area contributed by atoms with E-state index in [2.05, 4.69) is 28.4 Å². The van der Waals surface area contributed by atoms with Gasteiger partial charge in [-0.05, 0) is 36.8 Å². The summed E-state index contributed by atoms with van der Waals surface area (Å²) in [6.45, 7) is 2.96. The molecule has 3 rings (SSSR count). The smallest absolute Gasteiger partial charge is 0.0706 e. The fourth-order valence-electron chi connectivity index (χ4n) is 2.16. The third-order valence-electron chi connectivity index (χ3n) is 3.31. The Bertz CT molecular complexity index is 660. The van der Waals surface area contributed by atoms with Crippen LogP contribution in [-0.2, 0) is 6.54 Å². The number of nitrogens with zero attached hydrogens (tertiary/aromatic N) is 3. The van der Waals surface area contributed by atoms with E-state index in [-0.39, 0.29) is 0 Å². The first-order chi connectivity index (χ1) is 9.34. The topological polar surface area (TPSA) is 42.2 Å². The van der Waals surface area contributed by atoms with Crippen molar-refractivity contribution in [1.29, 1.82) is 0 Å². The van der Waals surface area contributed by atoms with Crippen molar-refractivity contribution in [2.24, 2.45) is 0 Å². The lowest BCUT2D eigenvalue weighted by Crippen LogP contribution is -2.17. The van der Waals surface area contributed by atoms with E-state index < -0.39 is 0 Å². The zero-order chi connectivity index (χ0) is 13.1. The van der Waals surface area contributed by atoms with E-state index in [1.54, 1.807) is 0 Å². The van der Waals surface area contributed by atoms with Crippen molar-refractivity contribution < 1.29 is 0 Å². The minimum absolute atomic E-state index is 0.293. The summed E-state index contributed by atoms with van der Waals surface area (Å²) < 4.78 is 1.90. The van der Waals surface area contributed by atoms with Crippen molar-refractivity contribution in [2.75, 3.05) is 0 Å². The van der Waals surface area contributed by atoms with E-state index in [0.29, 0.717) is 6.04 Å². The predicted octanol–water partition coefficient (Wildman–Crippen LogP) is 2.58. The fraction of sp³-hybridized carbons (Fsp3) is 0.200. The van der Waals surface area contributed by atoms with E-state index in [9.17, 15) is 0 Å². The maximum absolute atomic E-state index is 4.34. The van der Waals surface area contributed by atoms with E-state index in [1.807, 2.05) is 53.6 Å². The Morgan fingerprint density at radius 1 is 1.21 bits per heavy atom. The SMILES string of the molecule is C[C@@H](NCc1cnn2ccccc12)c1ccncc1. The Kier molecular flexibility index (Phi) is 3.25. The highest BCUT2D eigenvalue weighted by Crippen LogP contribution is 2.14. The van der Waals surface area contributed by atoms with Crippen LogP contribution in [0.25, 0.3) is 5.52 Å². The summed E-state index contributed by atoms with van der Waals surface area (Å²) in [6, 6.07) is 10.5. The number of hydrogen-bond donors (Lipinski definition) is 1. The molecule has 0 saturated carbocycles. The first-order valence-electron chi connectivity index (χ1n) is 6.39. The molecule has 0 spiro atoms. The molecule has 0 aromatic carbocycles. The number of rotatable bonds is 4. The van der Waals surface area contributed by atoms with Crippen molar-refractivity contribution in [3.8, 4) is 0 Å². The van der Waals surface area contributed by atoms with Gasteiger partial charge in [-0.1, -0.05) is 6.07 Å². The van der Waals surface area contributed by atoms with Gasteiger partial charge < -0.3 is 5.32 Å². The molecule has 3 aromatic rings. The van der Waals surface area contributed by atoms with Crippen molar-refractivity contribution in [1.82, 2.24) is 19.9 Å². The molecule has 3 heterocycles. The average molecular weight is 252 g/mol. The average Bonchev–Trinajstić information content (AvgIpc) is 2.89. The van der Waals surface area contributed by atoms with Crippen molar-refractivity contribution >= 4 is 5.52 Å². The minimum Gasteiger partial charge on any atom is -0.306 e. The van der Waals surface area contributed by atoms with Gasteiger partial charge in [-0.2, -0.15) is 5.10 Å². The van der Waals surface area contributed by atoms with Crippen LogP contribution in [0, 0.1) is 0 Å². The molecule has 0 amide bonds. The standard InChI is InChI=1S/C15H16N4/c1-12(13-5-7-16-8-6-13)17-10-14-11-18-19-9-3-2-4-15(14)19/h2-9,11-12,17H,10H2,1H3/t12-/m1/s1. The predicted molar refractivity (Wildman–Crippen MR) is 74.7 cm³/mol. The first kappa shape index (κ1) is 11.9. The normalized spacial score (nSPS) is 12.7. The van der Waals surface area contributed by atoms with Crippen molar-refractivity contribution in [2.45, 2.75) is 19.5 Å². The summed E-state index contributed by atoms with van der Waals surface area (Å²) in [4.78, 5) is 4.04. The highest BCUT2D eigenvalue weighted by molar-refractivity contribution is 5.53. The van der Waals surface area contributed by atoms with Gasteiger partial charge in [0.15, 0.2) is 0 Å². The van der Waals surface area contributed by atoms with E-state index in [0.717, 1.165) is 12.1 Å². The number of hydrogen-bond acceptors (Lipinski definition) is 3. The largest absolute Gasteiger partial charge is 0.306 e. The van der Waals surface area contributed by atoms with Crippen LogP contribution in [0.5, 0.6) is 0 Å². The molecular weight excluding hydrogens is 236 g/mol. The number of pyridine rings is 2. The Hall–Kier alpha value is -2.20. The summed E-state index contributed by atoms with van der Waals surface area (Å²) in [5.74, 6) is 0. The highest BCUT2D eigenvalue weighted by Gasteiger charge is 2.07. The van der Waals surface area contributed by atoms with Crippen LogP contribution in [0.15, 0.2) is 55.1 Å². The molecule has 0 saturated heterocycles. The van der Waals surface area contributed by atoms with Gasteiger partial charge in [-0.3, -0.25) is 4.98 Å². The third-order valence-corrected chi connectivity index (χ3v) is 3.31. The highest BCUT2D eigenvalue weighted by atomic mass is 15.2. The fourth-order valence-corrected chi connectivity index (χ4v) is 2.16. The molecule has 4 nitrogen and oxygen atoms in total. The Morgan fingerprint density at radius 3 is 2.89 bits per heavy atom. The van der Waals surface area contributed by atoms with Gasteiger partial charge in [0.1, 0.15) is 0 Å². The van der Waals surface area contributed by atoms with Gasteiger partial charge in [-0.15, -0.1) is 0 Å². The van der Waals surface area contributed by atoms with E-state index in [4.69, 9.17) is 0 Å². The van der Waals surface area contributed by atoms with E-state index in [1.165, 1.54) is 11.1 Å². The van der Waals surface area contributed by atoms with Gasteiger partial charge in [0.25, 0.3) is 0 Å². The minimum atomic E-state index is 0.293. The van der Waals surface area contributed by atoms with Gasteiger partial charge in [-0.25, -0.2) is 4.52 Å². The lowest BCUT2D eigenvalue weighted by Gasteiger charge is -2.13. The van der Waals surface area contributed by atoms with Crippen LogP contribution in [0.1, 0.15) is 24.1 Å². The maximum atomic E-state index is 4.34. The molecule has 0 fully saturated rings. The second-order valence-electron chi connectivity index (χ2n) is 4.58. The molecule has 96 valence electrons. The number of fused-ring (bicyclic) bond motifs is 1. The summed E-state index contributed by atoms with van der Waals surface area (Å²) >= 11 is 0. The number of aromatic nitrogens is 3. The molecule has 0 radical (unpaired) electrons. The molecule has 0 aliphatic carbocycles. The zero-order valence-corrected chi connectivity index (χ0v) is 10.8. The molecule has 0 unspecified atom stereocenters. The van der Waals surface area contributed by atoms with Crippen LogP contribution in [0.2, 0.25) is 0 Å². The molecule has 1 atom stereocenters. The second kappa shape index (κ2) is 5.20. The molecular formula is C15H16N4. The third kappa shape index (κ3) is 2.48. The summed E-state index contributed by atoms with van der Waals surface area (Å²) in [5, 5.41) is 7.85. The van der Waals surface area contributed by atoms with Gasteiger partial charge >= 0.3 is 0 Å². The number of nitrogens with one attached hydrogen (secondary N) is 1. The van der Waals surface area contributed by atoms with Crippen LogP contribution in [0.4, 0.5) is 0 Å². The summed E-state index contributed by atoms with van der Waals surface area (Å²) in [5.41, 5.74) is 3.60. The monoisotopic (exact) mass is 252 g/mol. The lowest BCUT2D eigenvalue weighted by atomic mass is 10.1. The molecule has 4 heteroatoms. The second-order valence-corrected chi connectivity index (χ2v) is 4.58. The first-order valence-corrected chi connectivity index (χ1v) is 6.39. The van der Waals surface area contributed by atoms with Crippen molar-refractivity contribution in [3.63, 3.8) is 0 Å². The van der Waals surface area contributed by atoms with Gasteiger partial charge in [0.05, 0.1) is 11.7 Å². The Balaban J connectivity index is 1.73. The molecule has 3 aromatic heterocycles. The van der Waals surface area contributed by atoms with Gasteiger partial charge in [0.2, 0.25) is 0 Å². The Morgan fingerprint density at radius 2 is 2.05 bits per heavy atom. The van der Waals surface area contributed by atoms with Crippen LogP contribution >= 0.6 is 0 Å². The molecule has 0 aliphatic heterocycles. The molecule has 0 bridgehead atoms. The summed E-state index contributed by atoms with van der Waals surface area (Å²) in [6.07, 6.45) is 7.53. The van der Waals surface area contributed by atoms with Crippen LogP contribution < -0.4 is 5.32 Å². The molecule has 19 heavy (non-hydrogen) atoms.